The molecule has 20 heavy (non-hydrogen) atoms. The van der Waals surface area contributed by atoms with E-state index in [1.54, 1.807) is 18.2 Å². The first kappa shape index (κ1) is 13.8. The molecular formula is C15H11F2NO2. The fourth-order valence-electron chi connectivity index (χ4n) is 1.69. The van der Waals surface area contributed by atoms with Crippen LogP contribution < -0.4 is 9.47 Å². The summed E-state index contributed by atoms with van der Waals surface area (Å²) in [5, 5.41) is 8.96. The number of hydrogen-bond acceptors (Lipinski definition) is 3. The van der Waals surface area contributed by atoms with Crippen molar-refractivity contribution in [2.24, 2.45) is 0 Å². The second kappa shape index (κ2) is 6.02. The average Bonchev–Trinajstić information content (AvgIpc) is 2.48. The van der Waals surface area contributed by atoms with Crippen molar-refractivity contribution in [3.63, 3.8) is 0 Å². The second-order valence-electron chi connectivity index (χ2n) is 3.99. The third kappa shape index (κ3) is 2.86. The van der Waals surface area contributed by atoms with Crippen LogP contribution >= 0.6 is 0 Å². The Kier molecular flexibility index (Phi) is 4.16. The molecule has 0 radical (unpaired) electrons. The lowest BCUT2D eigenvalue weighted by Crippen LogP contribution is -2.00. The van der Waals surface area contributed by atoms with Gasteiger partial charge in [0.2, 0.25) is 5.82 Å². The topological polar surface area (TPSA) is 42.2 Å². The summed E-state index contributed by atoms with van der Waals surface area (Å²) < 4.78 is 36.6. The van der Waals surface area contributed by atoms with Gasteiger partial charge in [0.25, 0.3) is 0 Å². The molecule has 0 bridgehead atoms. The molecule has 2 rings (SSSR count). The highest BCUT2D eigenvalue weighted by Gasteiger charge is 2.09. The summed E-state index contributed by atoms with van der Waals surface area (Å²) in [6.45, 7) is 0.0268. The maximum atomic E-state index is 13.4. The van der Waals surface area contributed by atoms with Crippen molar-refractivity contribution in [2.75, 3.05) is 7.11 Å². The minimum atomic E-state index is -1.03. The number of hydrogen-bond donors (Lipinski definition) is 0. The number of halogens is 2. The molecule has 0 amide bonds. The molecule has 0 heterocycles. The van der Waals surface area contributed by atoms with Crippen molar-refractivity contribution in [1.29, 1.82) is 5.26 Å². The van der Waals surface area contributed by atoms with Crippen molar-refractivity contribution in [1.82, 2.24) is 0 Å². The summed E-state index contributed by atoms with van der Waals surface area (Å²) in [5.74, 6) is -1.70. The van der Waals surface area contributed by atoms with Crippen molar-refractivity contribution in [3.8, 4) is 17.6 Å². The van der Waals surface area contributed by atoms with Crippen LogP contribution in [0.1, 0.15) is 11.1 Å². The molecule has 0 saturated carbocycles. The summed E-state index contributed by atoms with van der Waals surface area (Å²) in [6.07, 6.45) is 0. The van der Waals surface area contributed by atoms with E-state index in [2.05, 4.69) is 0 Å². The number of methoxy groups -OCH3 is 1. The molecular weight excluding hydrogens is 264 g/mol. The van der Waals surface area contributed by atoms with Crippen LogP contribution in [0.5, 0.6) is 11.5 Å². The maximum absolute atomic E-state index is 13.4. The highest BCUT2D eigenvalue weighted by molar-refractivity contribution is 5.45. The van der Waals surface area contributed by atoms with Gasteiger partial charge in [0.15, 0.2) is 11.6 Å². The predicted molar refractivity (Wildman–Crippen MR) is 68.4 cm³/mol. The van der Waals surface area contributed by atoms with E-state index in [1.807, 2.05) is 6.07 Å². The molecule has 0 aliphatic heterocycles. The first-order valence-corrected chi connectivity index (χ1v) is 5.79. The van der Waals surface area contributed by atoms with Crippen LogP contribution in [0.2, 0.25) is 0 Å². The van der Waals surface area contributed by atoms with Crippen LogP contribution in [0.25, 0.3) is 0 Å². The predicted octanol–water partition coefficient (Wildman–Crippen LogP) is 3.42. The lowest BCUT2D eigenvalue weighted by atomic mass is 10.1. The summed E-state index contributed by atoms with van der Waals surface area (Å²) in [6, 6.07) is 10.6. The van der Waals surface area contributed by atoms with Crippen molar-refractivity contribution in [3.05, 3.63) is 59.2 Å². The lowest BCUT2D eigenvalue weighted by molar-refractivity contribution is 0.284. The molecule has 0 saturated heterocycles. The van der Waals surface area contributed by atoms with E-state index in [-0.39, 0.29) is 12.4 Å². The summed E-state index contributed by atoms with van der Waals surface area (Å²) in [7, 11) is 1.47. The van der Waals surface area contributed by atoms with Gasteiger partial charge < -0.3 is 9.47 Å². The van der Waals surface area contributed by atoms with E-state index >= 15 is 0 Å². The van der Waals surface area contributed by atoms with E-state index in [0.717, 1.165) is 6.07 Å². The largest absolute Gasteiger partial charge is 0.495 e. The van der Waals surface area contributed by atoms with Crippen LogP contribution in [0.3, 0.4) is 0 Å². The third-order valence-electron chi connectivity index (χ3n) is 2.69. The Balaban J connectivity index is 2.15. The Morgan fingerprint density at radius 2 is 1.95 bits per heavy atom. The monoisotopic (exact) mass is 275 g/mol. The van der Waals surface area contributed by atoms with Crippen LogP contribution in [0, 0.1) is 23.0 Å². The van der Waals surface area contributed by atoms with Crippen molar-refractivity contribution in [2.45, 2.75) is 6.61 Å². The SMILES string of the molecule is COc1ccc(COc2cccc(F)c2F)cc1C#N. The number of ether oxygens (including phenoxy) is 2. The van der Waals surface area contributed by atoms with Gasteiger partial charge >= 0.3 is 0 Å². The molecule has 2 aromatic carbocycles. The highest BCUT2D eigenvalue weighted by Crippen LogP contribution is 2.22. The Labute approximate surface area is 115 Å². The molecule has 3 nitrogen and oxygen atoms in total. The lowest BCUT2D eigenvalue weighted by Gasteiger charge is -2.09. The molecule has 0 aromatic heterocycles. The number of benzene rings is 2. The smallest absolute Gasteiger partial charge is 0.200 e. The Bertz CT molecular complexity index is 665. The van der Waals surface area contributed by atoms with Gasteiger partial charge in [-0.2, -0.15) is 9.65 Å². The molecule has 0 aliphatic carbocycles. The highest BCUT2D eigenvalue weighted by atomic mass is 19.2. The quantitative estimate of drug-likeness (QED) is 0.858. The second-order valence-corrected chi connectivity index (χ2v) is 3.99. The van der Waals surface area contributed by atoms with E-state index < -0.39 is 11.6 Å². The molecule has 2 aromatic rings. The van der Waals surface area contributed by atoms with Gasteiger partial charge in [0.1, 0.15) is 18.4 Å². The van der Waals surface area contributed by atoms with Gasteiger partial charge in [0.05, 0.1) is 12.7 Å². The average molecular weight is 275 g/mol. The van der Waals surface area contributed by atoms with Gasteiger partial charge in [-0.3, -0.25) is 0 Å². The Morgan fingerprint density at radius 3 is 2.65 bits per heavy atom. The Morgan fingerprint density at radius 1 is 1.15 bits per heavy atom. The molecule has 102 valence electrons. The molecule has 0 N–H and O–H groups in total. The zero-order valence-electron chi connectivity index (χ0n) is 10.7. The molecule has 0 aliphatic rings. The van der Waals surface area contributed by atoms with E-state index in [0.29, 0.717) is 16.9 Å². The molecule has 0 unspecified atom stereocenters. The van der Waals surface area contributed by atoms with Gasteiger partial charge in [-0.15, -0.1) is 0 Å². The normalized spacial score (nSPS) is 9.90. The number of nitriles is 1. The van der Waals surface area contributed by atoms with Gasteiger partial charge in [-0.1, -0.05) is 12.1 Å². The fraction of sp³-hybridized carbons (Fsp3) is 0.133. The van der Waals surface area contributed by atoms with Crippen LogP contribution in [0.15, 0.2) is 36.4 Å². The minimum Gasteiger partial charge on any atom is -0.495 e. The Hall–Kier alpha value is -2.61. The van der Waals surface area contributed by atoms with E-state index in [1.165, 1.54) is 19.2 Å². The zero-order valence-corrected chi connectivity index (χ0v) is 10.7. The number of nitrogens with zero attached hydrogens (tertiary/aromatic N) is 1. The van der Waals surface area contributed by atoms with Crippen LogP contribution in [-0.4, -0.2) is 7.11 Å². The van der Waals surface area contributed by atoms with Crippen LogP contribution in [0.4, 0.5) is 8.78 Å². The standard InChI is InChI=1S/C15H11F2NO2/c1-19-13-6-5-10(7-11(13)8-18)9-20-14-4-2-3-12(16)15(14)17/h2-7H,9H2,1H3. The molecule has 5 heteroatoms. The van der Waals surface area contributed by atoms with Crippen molar-refractivity contribution < 1.29 is 18.3 Å². The molecule has 0 atom stereocenters. The minimum absolute atomic E-state index is 0.0268. The maximum Gasteiger partial charge on any atom is 0.200 e. The summed E-state index contributed by atoms with van der Waals surface area (Å²) >= 11 is 0. The van der Waals surface area contributed by atoms with Gasteiger partial charge in [-0.25, -0.2) is 4.39 Å². The van der Waals surface area contributed by atoms with E-state index in [4.69, 9.17) is 14.7 Å². The molecule has 0 spiro atoms. The summed E-state index contributed by atoms with van der Waals surface area (Å²) in [4.78, 5) is 0. The first-order chi connectivity index (χ1) is 9.65. The van der Waals surface area contributed by atoms with Crippen LogP contribution in [-0.2, 0) is 6.61 Å². The summed E-state index contributed by atoms with van der Waals surface area (Å²) in [5.41, 5.74) is 1.01. The van der Waals surface area contributed by atoms with Crippen molar-refractivity contribution >= 4 is 0 Å². The van der Waals surface area contributed by atoms with Gasteiger partial charge in [0, 0.05) is 0 Å². The first-order valence-electron chi connectivity index (χ1n) is 5.79. The molecule has 0 fully saturated rings. The third-order valence-corrected chi connectivity index (χ3v) is 2.69. The van der Waals surface area contributed by atoms with E-state index in [9.17, 15) is 8.78 Å². The fourth-order valence-corrected chi connectivity index (χ4v) is 1.69. The van der Waals surface area contributed by atoms with Gasteiger partial charge in [-0.05, 0) is 29.8 Å². The zero-order chi connectivity index (χ0) is 14.5. The number of rotatable bonds is 4.